The van der Waals surface area contributed by atoms with Crippen molar-refractivity contribution in [3.63, 3.8) is 0 Å². The predicted molar refractivity (Wildman–Crippen MR) is 141 cm³/mol. The van der Waals surface area contributed by atoms with Gasteiger partial charge in [0.05, 0.1) is 6.54 Å². The minimum atomic E-state index is -0.520. The van der Waals surface area contributed by atoms with Gasteiger partial charge in [0, 0.05) is 45.0 Å². The molecule has 1 unspecified atom stereocenters. The maximum atomic E-state index is 14.1. The molecule has 2 aromatic rings. The SMILES string of the molecule is CCNC(=NCc1ccnc(N2CCCCC2)c1)NC1CCN(c2c(F)cccc2F)C1.I. The van der Waals surface area contributed by atoms with Crippen molar-refractivity contribution in [2.75, 3.05) is 42.5 Å². The maximum absolute atomic E-state index is 14.1. The third-order valence-electron chi connectivity index (χ3n) is 6.04. The zero-order valence-electron chi connectivity index (χ0n) is 19.1. The molecular formula is C24H33F2IN6. The lowest BCUT2D eigenvalue weighted by atomic mass is 10.1. The van der Waals surface area contributed by atoms with Crippen molar-refractivity contribution in [3.8, 4) is 0 Å². The molecule has 2 saturated heterocycles. The van der Waals surface area contributed by atoms with Crippen molar-refractivity contribution in [2.24, 2.45) is 4.99 Å². The Morgan fingerprint density at radius 1 is 1.09 bits per heavy atom. The lowest BCUT2D eigenvalue weighted by Crippen LogP contribution is -2.44. The van der Waals surface area contributed by atoms with E-state index < -0.39 is 11.6 Å². The summed E-state index contributed by atoms with van der Waals surface area (Å²) in [6, 6.07) is 8.18. The number of nitrogens with zero attached hydrogens (tertiary/aromatic N) is 4. The van der Waals surface area contributed by atoms with E-state index in [1.54, 1.807) is 4.90 Å². The van der Waals surface area contributed by atoms with Gasteiger partial charge >= 0.3 is 0 Å². The van der Waals surface area contributed by atoms with Crippen molar-refractivity contribution in [2.45, 2.75) is 45.2 Å². The fraction of sp³-hybridized carbons (Fsp3) is 0.500. The number of anilines is 2. The molecule has 0 radical (unpaired) electrons. The summed E-state index contributed by atoms with van der Waals surface area (Å²) in [5.74, 6) is 0.695. The molecule has 1 aromatic carbocycles. The maximum Gasteiger partial charge on any atom is 0.191 e. The van der Waals surface area contributed by atoms with Crippen LogP contribution in [0.4, 0.5) is 20.3 Å². The van der Waals surface area contributed by atoms with E-state index in [1.807, 2.05) is 19.2 Å². The second-order valence-corrected chi connectivity index (χ2v) is 8.41. The highest BCUT2D eigenvalue weighted by molar-refractivity contribution is 14.0. The van der Waals surface area contributed by atoms with Crippen LogP contribution in [0.2, 0.25) is 0 Å². The Morgan fingerprint density at radius 2 is 1.85 bits per heavy atom. The average Bonchev–Trinajstić information content (AvgIpc) is 3.26. The van der Waals surface area contributed by atoms with Crippen molar-refractivity contribution in [1.82, 2.24) is 15.6 Å². The van der Waals surface area contributed by atoms with Crippen molar-refractivity contribution in [3.05, 3.63) is 53.7 Å². The van der Waals surface area contributed by atoms with Crippen LogP contribution in [0.1, 0.15) is 38.2 Å². The first-order valence-corrected chi connectivity index (χ1v) is 11.6. The number of para-hydroxylation sites is 1. The van der Waals surface area contributed by atoms with Crippen LogP contribution in [0.15, 0.2) is 41.5 Å². The lowest BCUT2D eigenvalue weighted by Gasteiger charge is -2.27. The van der Waals surface area contributed by atoms with Gasteiger partial charge in [-0.25, -0.2) is 18.8 Å². The van der Waals surface area contributed by atoms with Gasteiger partial charge in [-0.05, 0) is 62.4 Å². The molecule has 9 heteroatoms. The van der Waals surface area contributed by atoms with Gasteiger partial charge in [-0.2, -0.15) is 0 Å². The number of rotatable bonds is 6. The van der Waals surface area contributed by atoms with Crippen LogP contribution in [0.5, 0.6) is 0 Å². The van der Waals surface area contributed by atoms with E-state index in [4.69, 9.17) is 4.99 Å². The number of guanidine groups is 1. The minimum absolute atomic E-state index is 0. The smallest absolute Gasteiger partial charge is 0.191 e. The number of benzene rings is 1. The summed E-state index contributed by atoms with van der Waals surface area (Å²) in [5.41, 5.74) is 1.17. The van der Waals surface area contributed by atoms with E-state index >= 15 is 0 Å². The molecule has 0 saturated carbocycles. The highest BCUT2D eigenvalue weighted by Crippen LogP contribution is 2.26. The molecule has 0 amide bonds. The molecule has 1 atom stereocenters. The Bertz CT molecular complexity index is 915. The van der Waals surface area contributed by atoms with Crippen LogP contribution in [-0.2, 0) is 6.54 Å². The summed E-state index contributed by atoms with van der Waals surface area (Å²) < 4.78 is 28.3. The monoisotopic (exact) mass is 570 g/mol. The number of pyridine rings is 1. The van der Waals surface area contributed by atoms with Gasteiger partial charge in [0.1, 0.15) is 23.1 Å². The molecule has 2 fully saturated rings. The molecule has 180 valence electrons. The molecule has 3 heterocycles. The number of halogens is 3. The highest BCUT2D eigenvalue weighted by Gasteiger charge is 2.27. The number of aliphatic imine (C=N–C) groups is 1. The molecule has 0 bridgehead atoms. The molecular weight excluding hydrogens is 537 g/mol. The van der Waals surface area contributed by atoms with E-state index in [0.29, 0.717) is 25.6 Å². The first-order valence-electron chi connectivity index (χ1n) is 11.6. The zero-order chi connectivity index (χ0) is 22.3. The van der Waals surface area contributed by atoms with Crippen LogP contribution in [-0.4, -0.2) is 49.7 Å². The summed E-state index contributed by atoms with van der Waals surface area (Å²) in [5, 5.41) is 6.71. The number of nitrogens with one attached hydrogen (secondary N) is 2. The topological polar surface area (TPSA) is 55.8 Å². The first-order chi connectivity index (χ1) is 15.6. The molecule has 4 rings (SSSR count). The van der Waals surface area contributed by atoms with Crippen molar-refractivity contribution >= 4 is 41.4 Å². The normalized spacial score (nSPS) is 18.8. The summed E-state index contributed by atoms with van der Waals surface area (Å²) >= 11 is 0. The van der Waals surface area contributed by atoms with Gasteiger partial charge in [-0.3, -0.25) is 0 Å². The van der Waals surface area contributed by atoms with E-state index in [2.05, 4.69) is 26.6 Å². The van der Waals surface area contributed by atoms with Gasteiger partial charge in [0.25, 0.3) is 0 Å². The summed E-state index contributed by atoms with van der Waals surface area (Å²) in [4.78, 5) is 13.4. The van der Waals surface area contributed by atoms with Gasteiger partial charge in [-0.15, -0.1) is 24.0 Å². The highest BCUT2D eigenvalue weighted by atomic mass is 127. The van der Waals surface area contributed by atoms with E-state index in [1.165, 1.54) is 37.5 Å². The first kappa shape index (κ1) is 25.5. The molecule has 2 aliphatic rings. The Kier molecular flexibility index (Phi) is 9.52. The standard InChI is InChI=1S/C24H32F2N6.HI/c1-2-27-24(29-16-18-9-11-28-22(15-18)31-12-4-3-5-13-31)30-19-10-14-32(17-19)23-20(25)7-6-8-21(23)26;/h6-9,11,15,19H,2-5,10,12-14,16-17H2,1H3,(H2,27,29,30);1H. The second-order valence-electron chi connectivity index (χ2n) is 8.41. The van der Waals surface area contributed by atoms with Crippen LogP contribution in [0.25, 0.3) is 0 Å². The Labute approximate surface area is 211 Å². The molecule has 2 N–H and O–H groups in total. The summed E-state index contributed by atoms with van der Waals surface area (Å²) in [6.45, 7) is 6.54. The molecule has 0 aliphatic carbocycles. The quantitative estimate of drug-likeness (QED) is 0.308. The van der Waals surface area contributed by atoms with E-state index in [9.17, 15) is 8.78 Å². The van der Waals surface area contributed by atoms with Crippen LogP contribution < -0.4 is 20.4 Å². The zero-order valence-corrected chi connectivity index (χ0v) is 21.4. The van der Waals surface area contributed by atoms with E-state index in [0.717, 1.165) is 37.4 Å². The van der Waals surface area contributed by atoms with Gasteiger partial charge < -0.3 is 20.4 Å². The number of hydrogen-bond acceptors (Lipinski definition) is 4. The molecule has 0 spiro atoms. The van der Waals surface area contributed by atoms with Gasteiger partial charge in [-0.1, -0.05) is 6.07 Å². The molecule has 33 heavy (non-hydrogen) atoms. The lowest BCUT2D eigenvalue weighted by molar-refractivity contribution is 0.573. The third kappa shape index (κ3) is 6.68. The molecule has 1 aromatic heterocycles. The van der Waals surface area contributed by atoms with Crippen LogP contribution in [0.3, 0.4) is 0 Å². The summed E-state index contributed by atoms with van der Waals surface area (Å²) in [6.07, 6.45) is 6.36. The molecule has 6 nitrogen and oxygen atoms in total. The van der Waals surface area contributed by atoms with Crippen LogP contribution in [0, 0.1) is 11.6 Å². The van der Waals surface area contributed by atoms with Crippen molar-refractivity contribution in [1.29, 1.82) is 0 Å². The Hall–Kier alpha value is -2.17. The Balaban J connectivity index is 0.00000306. The second kappa shape index (κ2) is 12.3. The fourth-order valence-corrected chi connectivity index (χ4v) is 4.41. The fourth-order valence-electron chi connectivity index (χ4n) is 4.41. The van der Waals surface area contributed by atoms with Crippen LogP contribution >= 0.6 is 24.0 Å². The van der Waals surface area contributed by atoms with Gasteiger partial charge in [0.15, 0.2) is 5.96 Å². The van der Waals surface area contributed by atoms with E-state index in [-0.39, 0.29) is 35.7 Å². The largest absolute Gasteiger partial charge is 0.365 e. The minimum Gasteiger partial charge on any atom is -0.365 e. The van der Waals surface area contributed by atoms with Gasteiger partial charge in [0.2, 0.25) is 0 Å². The number of piperidine rings is 1. The average molecular weight is 570 g/mol. The summed E-state index contributed by atoms with van der Waals surface area (Å²) in [7, 11) is 0. The number of aromatic nitrogens is 1. The number of hydrogen-bond donors (Lipinski definition) is 2. The molecule has 2 aliphatic heterocycles. The third-order valence-corrected chi connectivity index (χ3v) is 6.04. The predicted octanol–water partition coefficient (Wildman–Crippen LogP) is 4.30. The Morgan fingerprint density at radius 3 is 2.58 bits per heavy atom. The van der Waals surface area contributed by atoms with Crippen molar-refractivity contribution < 1.29 is 8.78 Å².